The van der Waals surface area contributed by atoms with Gasteiger partial charge in [0.15, 0.2) is 11.6 Å². The maximum atomic E-state index is 13.2. The van der Waals surface area contributed by atoms with Gasteiger partial charge in [-0.25, -0.2) is 17.6 Å². The van der Waals surface area contributed by atoms with E-state index in [-0.39, 0.29) is 6.42 Å². The molecule has 0 aliphatic heterocycles. The van der Waals surface area contributed by atoms with Crippen LogP contribution in [0.3, 0.4) is 0 Å². The van der Waals surface area contributed by atoms with Gasteiger partial charge in [-0.3, -0.25) is 0 Å². The Morgan fingerprint density at radius 2 is 1.87 bits per heavy atom. The summed E-state index contributed by atoms with van der Waals surface area (Å²) in [6.07, 6.45) is -1.04. The Morgan fingerprint density at radius 1 is 1.20 bits per heavy atom. The number of alkyl halides is 2. The van der Waals surface area contributed by atoms with Crippen LogP contribution in [0.1, 0.15) is 18.4 Å². The molecule has 0 radical (unpaired) electrons. The van der Waals surface area contributed by atoms with Gasteiger partial charge < -0.3 is 0 Å². The van der Waals surface area contributed by atoms with Crippen LogP contribution in [0.5, 0.6) is 0 Å². The third kappa shape index (κ3) is 2.69. The second kappa shape index (κ2) is 4.30. The third-order valence-electron chi connectivity index (χ3n) is 1.89. The fourth-order valence-electron chi connectivity index (χ4n) is 1.08. The molecule has 0 saturated heterocycles. The molecule has 1 rings (SSSR count). The standard InChI is InChI=1S/C10H7F4N/c11-8-3-2-7(6-9(8)12)10(13,14)4-1-5-15/h2-3,6H,1,4H2. The second-order valence-electron chi connectivity index (χ2n) is 2.99. The van der Waals surface area contributed by atoms with E-state index in [0.29, 0.717) is 12.1 Å². The first-order valence-corrected chi connectivity index (χ1v) is 4.17. The Morgan fingerprint density at radius 3 is 2.40 bits per heavy atom. The molecule has 0 aromatic heterocycles. The molecule has 0 atom stereocenters. The minimum absolute atomic E-state index is 0.341. The number of nitrogens with zero attached hydrogens (tertiary/aromatic N) is 1. The SMILES string of the molecule is N#CCCC(F)(F)c1ccc(F)c(F)c1. The number of rotatable bonds is 3. The van der Waals surface area contributed by atoms with Crippen LogP contribution < -0.4 is 0 Å². The fraction of sp³-hybridized carbons (Fsp3) is 0.300. The van der Waals surface area contributed by atoms with Crippen molar-refractivity contribution in [3.63, 3.8) is 0 Å². The molecule has 0 amide bonds. The van der Waals surface area contributed by atoms with Crippen LogP contribution in [0, 0.1) is 23.0 Å². The summed E-state index contributed by atoms with van der Waals surface area (Å²) in [6, 6.07) is 3.48. The zero-order valence-electron chi connectivity index (χ0n) is 7.61. The molecule has 0 aliphatic rings. The monoisotopic (exact) mass is 217 g/mol. The highest BCUT2D eigenvalue weighted by Crippen LogP contribution is 2.33. The summed E-state index contributed by atoms with van der Waals surface area (Å²) >= 11 is 0. The van der Waals surface area contributed by atoms with E-state index >= 15 is 0 Å². The van der Waals surface area contributed by atoms with Crippen molar-refractivity contribution in [2.75, 3.05) is 0 Å². The first-order chi connectivity index (χ1) is 6.97. The number of benzene rings is 1. The summed E-state index contributed by atoms with van der Waals surface area (Å²) < 4.78 is 51.6. The topological polar surface area (TPSA) is 23.8 Å². The van der Waals surface area contributed by atoms with Crippen molar-refractivity contribution in [3.05, 3.63) is 35.4 Å². The highest BCUT2D eigenvalue weighted by molar-refractivity contribution is 5.22. The van der Waals surface area contributed by atoms with Crippen molar-refractivity contribution in [1.29, 1.82) is 5.26 Å². The van der Waals surface area contributed by atoms with E-state index in [1.165, 1.54) is 0 Å². The van der Waals surface area contributed by atoms with Gasteiger partial charge in [-0.15, -0.1) is 0 Å². The lowest BCUT2D eigenvalue weighted by atomic mass is 10.0. The minimum Gasteiger partial charge on any atom is -0.204 e. The van der Waals surface area contributed by atoms with E-state index < -0.39 is 29.5 Å². The summed E-state index contributed by atoms with van der Waals surface area (Å²) in [5, 5.41) is 8.16. The van der Waals surface area contributed by atoms with Crippen LogP contribution in [0.15, 0.2) is 18.2 Å². The van der Waals surface area contributed by atoms with Gasteiger partial charge in [0.05, 0.1) is 6.07 Å². The average molecular weight is 217 g/mol. The Labute approximate surface area is 83.9 Å². The predicted octanol–water partition coefficient (Wildman–Crippen LogP) is 3.36. The third-order valence-corrected chi connectivity index (χ3v) is 1.89. The molecular weight excluding hydrogens is 210 g/mol. The van der Waals surface area contributed by atoms with Crippen LogP contribution in [0.2, 0.25) is 0 Å². The maximum absolute atomic E-state index is 13.2. The largest absolute Gasteiger partial charge is 0.274 e. The Balaban J connectivity index is 2.95. The van der Waals surface area contributed by atoms with Crippen LogP contribution in [-0.2, 0) is 5.92 Å². The van der Waals surface area contributed by atoms with Crippen LogP contribution >= 0.6 is 0 Å². The quantitative estimate of drug-likeness (QED) is 0.712. The van der Waals surface area contributed by atoms with Gasteiger partial charge >= 0.3 is 0 Å². The smallest absolute Gasteiger partial charge is 0.204 e. The highest BCUT2D eigenvalue weighted by Gasteiger charge is 2.31. The van der Waals surface area contributed by atoms with E-state index in [1.807, 2.05) is 0 Å². The molecule has 1 nitrogen and oxygen atoms in total. The number of halogens is 4. The van der Waals surface area contributed by atoms with Gasteiger partial charge in [0.25, 0.3) is 5.92 Å². The highest BCUT2D eigenvalue weighted by atomic mass is 19.3. The van der Waals surface area contributed by atoms with Gasteiger partial charge in [-0.1, -0.05) is 0 Å². The molecule has 0 heterocycles. The molecule has 0 fully saturated rings. The van der Waals surface area contributed by atoms with Crippen molar-refractivity contribution in [2.45, 2.75) is 18.8 Å². The van der Waals surface area contributed by atoms with Gasteiger partial charge in [-0.05, 0) is 18.2 Å². The summed E-state index contributed by atoms with van der Waals surface area (Å²) in [5.41, 5.74) is -0.614. The Hall–Kier alpha value is -1.57. The lowest BCUT2D eigenvalue weighted by molar-refractivity contribution is -0.0123. The van der Waals surface area contributed by atoms with Gasteiger partial charge in [-0.2, -0.15) is 5.26 Å². The summed E-state index contributed by atoms with van der Waals surface area (Å²) in [7, 11) is 0. The number of hydrogen-bond donors (Lipinski definition) is 0. The molecule has 0 aliphatic carbocycles. The lowest BCUT2D eigenvalue weighted by Crippen LogP contribution is -2.13. The van der Waals surface area contributed by atoms with E-state index in [0.717, 1.165) is 6.07 Å². The van der Waals surface area contributed by atoms with Crippen molar-refractivity contribution in [3.8, 4) is 6.07 Å². The van der Waals surface area contributed by atoms with E-state index in [2.05, 4.69) is 0 Å². The molecule has 1 aromatic carbocycles. The molecule has 15 heavy (non-hydrogen) atoms. The first kappa shape index (κ1) is 11.5. The minimum atomic E-state index is -3.30. The molecule has 0 spiro atoms. The molecule has 0 saturated carbocycles. The zero-order valence-corrected chi connectivity index (χ0v) is 7.61. The molecule has 1 aromatic rings. The van der Waals surface area contributed by atoms with Gasteiger partial charge in [0, 0.05) is 18.4 Å². The van der Waals surface area contributed by atoms with Crippen molar-refractivity contribution >= 4 is 0 Å². The summed E-state index contributed by atoms with van der Waals surface area (Å²) in [4.78, 5) is 0. The Bertz CT molecular complexity index is 395. The van der Waals surface area contributed by atoms with Crippen LogP contribution in [0.25, 0.3) is 0 Å². The van der Waals surface area contributed by atoms with Crippen LogP contribution in [0.4, 0.5) is 17.6 Å². The first-order valence-electron chi connectivity index (χ1n) is 4.17. The van der Waals surface area contributed by atoms with Crippen molar-refractivity contribution < 1.29 is 17.6 Å². The molecule has 0 N–H and O–H groups in total. The molecule has 0 bridgehead atoms. The molecule has 5 heteroatoms. The maximum Gasteiger partial charge on any atom is 0.274 e. The molecule has 0 unspecified atom stereocenters. The van der Waals surface area contributed by atoms with Gasteiger partial charge in [0.2, 0.25) is 0 Å². The Kier molecular flexibility index (Phi) is 3.30. The van der Waals surface area contributed by atoms with E-state index in [4.69, 9.17) is 5.26 Å². The van der Waals surface area contributed by atoms with Crippen molar-refractivity contribution in [2.24, 2.45) is 0 Å². The van der Waals surface area contributed by atoms with E-state index in [1.54, 1.807) is 6.07 Å². The van der Waals surface area contributed by atoms with Crippen molar-refractivity contribution in [1.82, 2.24) is 0 Å². The summed E-state index contributed by atoms with van der Waals surface area (Å²) in [5.74, 6) is -5.79. The van der Waals surface area contributed by atoms with Crippen LogP contribution in [-0.4, -0.2) is 0 Å². The van der Waals surface area contributed by atoms with Gasteiger partial charge in [0.1, 0.15) is 0 Å². The number of hydrogen-bond acceptors (Lipinski definition) is 1. The average Bonchev–Trinajstić information content (AvgIpc) is 2.19. The lowest BCUT2D eigenvalue weighted by Gasteiger charge is -2.14. The summed E-state index contributed by atoms with van der Waals surface area (Å²) in [6.45, 7) is 0. The fourth-order valence-corrected chi connectivity index (χ4v) is 1.08. The van der Waals surface area contributed by atoms with E-state index in [9.17, 15) is 17.6 Å². The number of nitriles is 1. The zero-order chi connectivity index (χ0) is 11.5. The molecule has 80 valence electrons. The second-order valence-corrected chi connectivity index (χ2v) is 2.99. The predicted molar refractivity (Wildman–Crippen MR) is 45.1 cm³/mol. The normalized spacial score (nSPS) is 11.1. The molecular formula is C10H7F4N.